The molecular formula is C7H6ClN3O. The van der Waals surface area contributed by atoms with Crippen LogP contribution in [0.2, 0.25) is 5.02 Å². The maximum absolute atomic E-state index is 5.82. The van der Waals surface area contributed by atoms with Crippen molar-refractivity contribution in [2.45, 2.75) is 0 Å². The zero-order chi connectivity index (χ0) is 8.55. The van der Waals surface area contributed by atoms with E-state index in [0.717, 1.165) is 0 Å². The van der Waals surface area contributed by atoms with E-state index in [4.69, 9.17) is 21.9 Å². The lowest BCUT2D eigenvalue weighted by molar-refractivity contribution is 0.617. The van der Waals surface area contributed by atoms with Crippen molar-refractivity contribution in [3.63, 3.8) is 0 Å². The summed E-state index contributed by atoms with van der Waals surface area (Å²) in [6.07, 6.45) is 0. The van der Waals surface area contributed by atoms with E-state index in [9.17, 15) is 0 Å². The Morgan fingerprint density at radius 1 is 1.50 bits per heavy atom. The van der Waals surface area contributed by atoms with Crippen molar-refractivity contribution in [2.75, 3.05) is 5.43 Å². The van der Waals surface area contributed by atoms with Gasteiger partial charge in [-0.2, -0.15) is 4.98 Å². The van der Waals surface area contributed by atoms with Gasteiger partial charge in [0.05, 0.1) is 5.02 Å². The lowest BCUT2D eigenvalue weighted by Gasteiger charge is -1.87. The largest absolute Gasteiger partial charge is 0.421 e. The number of nitrogen functional groups attached to an aromatic ring is 1. The number of hydrazine groups is 1. The highest BCUT2D eigenvalue weighted by molar-refractivity contribution is 6.34. The quantitative estimate of drug-likeness (QED) is 0.523. The number of aromatic nitrogens is 1. The standard InChI is InChI=1S/C7H6ClN3O/c8-4-2-1-3-5-6(4)12-7(10-5)11-9/h1-3H,9H2,(H,10,11). The first-order chi connectivity index (χ1) is 5.81. The van der Waals surface area contributed by atoms with Gasteiger partial charge in [0.25, 0.3) is 0 Å². The summed E-state index contributed by atoms with van der Waals surface area (Å²) in [6, 6.07) is 5.59. The van der Waals surface area contributed by atoms with Gasteiger partial charge in [-0.25, -0.2) is 5.84 Å². The number of nitrogens with one attached hydrogen (secondary N) is 1. The number of nitrogens with zero attached hydrogens (tertiary/aromatic N) is 1. The Morgan fingerprint density at radius 3 is 3.00 bits per heavy atom. The van der Waals surface area contributed by atoms with Gasteiger partial charge < -0.3 is 4.42 Å². The molecule has 2 aromatic rings. The van der Waals surface area contributed by atoms with Crippen LogP contribution in [0.15, 0.2) is 22.6 Å². The Balaban J connectivity index is 2.74. The fourth-order valence-electron chi connectivity index (χ4n) is 0.977. The molecule has 4 nitrogen and oxygen atoms in total. The van der Waals surface area contributed by atoms with Gasteiger partial charge in [-0.15, -0.1) is 0 Å². The molecule has 62 valence electrons. The molecule has 0 aliphatic rings. The van der Waals surface area contributed by atoms with Gasteiger partial charge in [0.1, 0.15) is 5.52 Å². The zero-order valence-corrected chi connectivity index (χ0v) is 6.80. The normalized spacial score (nSPS) is 10.5. The number of rotatable bonds is 1. The average Bonchev–Trinajstić information content (AvgIpc) is 2.49. The van der Waals surface area contributed by atoms with E-state index in [-0.39, 0.29) is 6.01 Å². The van der Waals surface area contributed by atoms with E-state index < -0.39 is 0 Å². The van der Waals surface area contributed by atoms with Gasteiger partial charge in [0.2, 0.25) is 0 Å². The molecule has 0 aliphatic heterocycles. The second-order valence-corrected chi connectivity index (χ2v) is 2.66. The van der Waals surface area contributed by atoms with E-state index >= 15 is 0 Å². The Hall–Kier alpha value is -1.26. The van der Waals surface area contributed by atoms with E-state index in [1.54, 1.807) is 18.2 Å². The number of hydrogen-bond donors (Lipinski definition) is 2. The number of halogens is 1. The number of oxazole rings is 1. The fraction of sp³-hybridized carbons (Fsp3) is 0. The van der Waals surface area contributed by atoms with Crippen LogP contribution in [0.5, 0.6) is 0 Å². The molecular weight excluding hydrogens is 178 g/mol. The molecule has 1 heterocycles. The summed E-state index contributed by atoms with van der Waals surface area (Å²) in [5.74, 6) is 5.11. The number of benzene rings is 1. The molecule has 0 spiro atoms. The van der Waals surface area contributed by atoms with Gasteiger partial charge in [-0.05, 0) is 12.1 Å². The molecule has 0 fully saturated rings. The summed E-state index contributed by atoms with van der Waals surface area (Å²) in [5, 5.41) is 0.529. The fourth-order valence-corrected chi connectivity index (χ4v) is 1.19. The second kappa shape index (κ2) is 2.66. The third-order valence-corrected chi connectivity index (χ3v) is 1.79. The van der Waals surface area contributed by atoms with Gasteiger partial charge in [-0.1, -0.05) is 17.7 Å². The third kappa shape index (κ3) is 1.01. The first kappa shape index (κ1) is 7.39. The minimum absolute atomic E-state index is 0.262. The minimum Gasteiger partial charge on any atom is -0.421 e. The minimum atomic E-state index is 0.262. The third-order valence-electron chi connectivity index (χ3n) is 1.49. The molecule has 0 saturated carbocycles. The van der Waals surface area contributed by atoms with E-state index in [1.165, 1.54) is 0 Å². The molecule has 0 radical (unpaired) electrons. The van der Waals surface area contributed by atoms with Crippen molar-refractivity contribution in [3.8, 4) is 0 Å². The molecule has 0 amide bonds. The maximum Gasteiger partial charge on any atom is 0.310 e. The molecule has 2 rings (SSSR count). The first-order valence-electron chi connectivity index (χ1n) is 3.33. The lowest BCUT2D eigenvalue weighted by Crippen LogP contribution is -2.06. The van der Waals surface area contributed by atoms with E-state index in [1.807, 2.05) is 0 Å². The van der Waals surface area contributed by atoms with Crippen LogP contribution >= 0.6 is 11.6 Å². The lowest BCUT2D eigenvalue weighted by atomic mass is 10.3. The molecule has 0 unspecified atom stereocenters. The molecule has 0 bridgehead atoms. The summed E-state index contributed by atoms with van der Waals surface area (Å²) in [6.45, 7) is 0. The Kier molecular flexibility index (Phi) is 1.64. The van der Waals surface area contributed by atoms with Gasteiger partial charge in [0, 0.05) is 0 Å². The van der Waals surface area contributed by atoms with Crippen molar-refractivity contribution in [3.05, 3.63) is 23.2 Å². The number of hydrogen-bond acceptors (Lipinski definition) is 4. The molecule has 1 aromatic carbocycles. The van der Waals surface area contributed by atoms with Crippen LogP contribution in [-0.4, -0.2) is 4.98 Å². The summed E-state index contributed by atoms with van der Waals surface area (Å²) >= 11 is 5.82. The SMILES string of the molecule is NNc1nc2cccc(Cl)c2o1. The number of para-hydroxylation sites is 1. The highest BCUT2D eigenvalue weighted by Crippen LogP contribution is 2.25. The monoisotopic (exact) mass is 183 g/mol. The van der Waals surface area contributed by atoms with Gasteiger partial charge in [0.15, 0.2) is 5.58 Å². The molecule has 0 aliphatic carbocycles. The van der Waals surface area contributed by atoms with Crippen LogP contribution in [-0.2, 0) is 0 Å². The van der Waals surface area contributed by atoms with E-state index in [2.05, 4.69) is 10.4 Å². The van der Waals surface area contributed by atoms with Crippen LogP contribution in [0.4, 0.5) is 6.01 Å². The Morgan fingerprint density at radius 2 is 2.33 bits per heavy atom. The Labute approximate surface area is 73.3 Å². The van der Waals surface area contributed by atoms with Crippen LogP contribution in [0.25, 0.3) is 11.1 Å². The number of anilines is 1. The molecule has 0 saturated heterocycles. The van der Waals surface area contributed by atoms with Gasteiger partial charge in [-0.3, -0.25) is 5.43 Å². The molecule has 12 heavy (non-hydrogen) atoms. The summed E-state index contributed by atoms with van der Waals surface area (Å²) in [7, 11) is 0. The Bertz CT molecular complexity index is 412. The highest BCUT2D eigenvalue weighted by atomic mass is 35.5. The molecule has 5 heteroatoms. The summed E-state index contributed by atoms with van der Waals surface area (Å²) in [5.41, 5.74) is 3.55. The summed E-state index contributed by atoms with van der Waals surface area (Å²) in [4.78, 5) is 4.00. The maximum atomic E-state index is 5.82. The van der Waals surface area contributed by atoms with Crippen molar-refractivity contribution in [1.82, 2.24) is 4.98 Å². The second-order valence-electron chi connectivity index (χ2n) is 2.25. The van der Waals surface area contributed by atoms with Crippen LogP contribution < -0.4 is 11.3 Å². The zero-order valence-electron chi connectivity index (χ0n) is 6.04. The van der Waals surface area contributed by atoms with Gasteiger partial charge >= 0.3 is 6.01 Å². The topological polar surface area (TPSA) is 64.1 Å². The highest BCUT2D eigenvalue weighted by Gasteiger charge is 2.06. The molecule has 3 N–H and O–H groups in total. The van der Waals surface area contributed by atoms with Crippen molar-refractivity contribution < 1.29 is 4.42 Å². The first-order valence-corrected chi connectivity index (χ1v) is 3.71. The predicted molar refractivity (Wildman–Crippen MR) is 46.8 cm³/mol. The van der Waals surface area contributed by atoms with Crippen LogP contribution in [0, 0.1) is 0 Å². The van der Waals surface area contributed by atoms with Crippen LogP contribution in [0.1, 0.15) is 0 Å². The number of fused-ring (bicyclic) bond motifs is 1. The van der Waals surface area contributed by atoms with Crippen LogP contribution in [0.3, 0.4) is 0 Å². The van der Waals surface area contributed by atoms with E-state index in [0.29, 0.717) is 16.1 Å². The summed E-state index contributed by atoms with van der Waals surface area (Å²) < 4.78 is 5.17. The average molecular weight is 184 g/mol. The molecule has 0 atom stereocenters. The van der Waals surface area contributed by atoms with Crippen molar-refractivity contribution in [1.29, 1.82) is 0 Å². The predicted octanol–water partition coefficient (Wildman–Crippen LogP) is 1.77. The number of nitrogens with two attached hydrogens (primary N) is 1. The molecule has 1 aromatic heterocycles. The van der Waals surface area contributed by atoms with Crippen molar-refractivity contribution in [2.24, 2.45) is 5.84 Å². The van der Waals surface area contributed by atoms with Crippen molar-refractivity contribution >= 4 is 28.7 Å². The smallest absolute Gasteiger partial charge is 0.310 e.